The number of hydrogen-bond donors (Lipinski definition) is 0. The van der Waals surface area contributed by atoms with Crippen LogP contribution in [0.4, 0.5) is 10.1 Å². The zero-order chi connectivity index (χ0) is 21.8. The van der Waals surface area contributed by atoms with Crippen LogP contribution in [0.5, 0.6) is 5.75 Å². The molecule has 164 valence electrons. The lowest BCUT2D eigenvalue weighted by Gasteiger charge is -2.34. The van der Waals surface area contributed by atoms with E-state index in [0.29, 0.717) is 36.8 Å². The van der Waals surface area contributed by atoms with Crippen LogP contribution in [0.1, 0.15) is 18.4 Å². The lowest BCUT2D eigenvalue weighted by atomic mass is 10.2. The van der Waals surface area contributed by atoms with Gasteiger partial charge in [-0.3, -0.25) is 14.5 Å². The van der Waals surface area contributed by atoms with Crippen LogP contribution in [0.25, 0.3) is 0 Å². The molecule has 6 nitrogen and oxygen atoms in total. The molecule has 0 N–H and O–H groups in total. The van der Waals surface area contributed by atoms with Crippen molar-refractivity contribution in [2.24, 2.45) is 0 Å². The lowest BCUT2D eigenvalue weighted by Crippen LogP contribution is -2.49. The Hall–Kier alpha value is -2.64. The van der Waals surface area contributed by atoms with Crippen LogP contribution < -0.4 is 9.64 Å². The van der Waals surface area contributed by atoms with Gasteiger partial charge in [-0.1, -0.05) is 17.7 Å². The van der Waals surface area contributed by atoms with Crippen LogP contribution in [-0.2, 0) is 16.1 Å². The van der Waals surface area contributed by atoms with Gasteiger partial charge in [0, 0.05) is 56.4 Å². The predicted octanol–water partition coefficient (Wildman–Crippen LogP) is 3.33. The van der Waals surface area contributed by atoms with Crippen molar-refractivity contribution in [2.45, 2.75) is 19.4 Å². The Kier molecular flexibility index (Phi) is 6.73. The quantitative estimate of drug-likeness (QED) is 0.684. The number of ether oxygens (including phenoxy) is 1. The van der Waals surface area contributed by atoms with E-state index in [4.69, 9.17) is 16.3 Å². The van der Waals surface area contributed by atoms with Gasteiger partial charge >= 0.3 is 0 Å². The molecular weight excluding hydrogens is 421 g/mol. The molecule has 4 rings (SSSR count). The second kappa shape index (κ2) is 9.66. The maximum absolute atomic E-state index is 13.2. The maximum atomic E-state index is 13.2. The summed E-state index contributed by atoms with van der Waals surface area (Å²) in [7, 11) is 0. The molecule has 2 aromatic carbocycles. The van der Waals surface area contributed by atoms with E-state index in [1.165, 1.54) is 12.1 Å². The fraction of sp³-hybridized carbons (Fsp3) is 0.391. The van der Waals surface area contributed by atoms with Gasteiger partial charge in [-0.15, -0.1) is 0 Å². The van der Waals surface area contributed by atoms with Gasteiger partial charge in [0.05, 0.1) is 0 Å². The van der Waals surface area contributed by atoms with Crippen molar-refractivity contribution in [1.29, 1.82) is 0 Å². The normalized spacial score (nSPS) is 17.3. The summed E-state index contributed by atoms with van der Waals surface area (Å²) in [5.41, 5.74) is 1.74. The van der Waals surface area contributed by atoms with Gasteiger partial charge in [-0.2, -0.15) is 0 Å². The molecule has 0 spiro atoms. The Balaban J connectivity index is 1.22. The van der Waals surface area contributed by atoms with Gasteiger partial charge in [0.1, 0.15) is 11.6 Å². The monoisotopic (exact) mass is 445 g/mol. The van der Waals surface area contributed by atoms with Gasteiger partial charge in [-0.05, 0) is 48.4 Å². The number of carbonyl (C=O) groups excluding carboxylic acids is 2. The number of benzene rings is 2. The van der Waals surface area contributed by atoms with E-state index in [0.717, 1.165) is 37.3 Å². The van der Waals surface area contributed by atoms with Gasteiger partial charge in [0.25, 0.3) is 5.91 Å². The SMILES string of the molecule is O=C(COc1ccc(N2CCCC2=O)cc1)N1CCN(Cc2ccc(F)cc2Cl)CC1. The Labute approximate surface area is 186 Å². The first-order chi connectivity index (χ1) is 15.0. The molecule has 0 unspecified atom stereocenters. The van der Waals surface area contributed by atoms with Gasteiger partial charge in [0.2, 0.25) is 5.91 Å². The van der Waals surface area contributed by atoms with Crippen LogP contribution in [0.15, 0.2) is 42.5 Å². The van der Waals surface area contributed by atoms with E-state index >= 15 is 0 Å². The summed E-state index contributed by atoms with van der Waals surface area (Å²) in [5, 5.41) is 0.423. The number of piperazine rings is 1. The molecule has 0 radical (unpaired) electrons. The van der Waals surface area contributed by atoms with E-state index in [2.05, 4.69) is 4.90 Å². The van der Waals surface area contributed by atoms with Crippen LogP contribution in [0, 0.1) is 5.82 Å². The molecule has 8 heteroatoms. The summed E-state index contributed by atoms with van der Waals surface area (Å²) in [6.45, 7) is 4.01. The highest BCUT2D eigenvalue weighted by Gasteiger charge is 2.23. The zero-order valence-corrected chi connectivity index (χ0v) is 18.0. The molecule has 31 heavy (non-hydrogen) atoms. The number of carbonyl (C=O) groups is 2. The average Bonchev–Trinajstić information content (AvgIpc) is 3.21. The summed E-state index contributed by atoms with van der Waals surface area (Å²) in [6, 6.07) is 11.7. The van der Waals surface area contributed by atoms with Crippen LogP contribution in [0.3, 0.4) is 0 Å². The summed E-state index contributed by atoms with van der Waals surface area (Å²) in [4.78, 5) is 30.1. The minimum atomic E-state index is -0.344. The summed E-state index contributed by atoms with van der Waals surface area (Å²) in [6.07, 6.45) is 1.48. The highest BCUT2D eigenvalue weighted by Crippen LogP contribution is 2.24. The average molecular weight is 446 g/mol. The van der Waals surface area contributed by atoms with Crippen molar-refractivity contribution in [1.82, 2.24) is 9.80 Å². The summed E-state index contributed by atoms with van der Waals surface area (Å²) >= 11 is 6.11. The molecule has 0 saturated carbocycles. The third kappa shape index (κ3) is 5.35. The molecule has 2 amide bonds. The Bertz CT molecular complexity index is 946. The molecule has 2 saturated heterocycles. The smallest absolute Gasteiger partial charge is 0.260 e. The first-order valence-corrected chi connectivity index (χ1v) is 10.8. The molecular formula is C23H25ClFN3O3. The van der Waals surface area contributed by atoms with E-state index in [-0.39, 0.29) is 24.2 Å². The Morgan fingerprint density at radius 3 is 2.42 bits per heavy atom. The Morgan fingerprint density at radius 1 is 1.03 bits per heavy atom. The third-order valence-corrected chi connectivity index (χ3v) is 6.07. The highest BCUT2D eigenvalue weighted by atomic mass is 35.5. The second-order valence-corrected chi connectivity index (χ2v) is 8.23. The molecule has 0 aromatic heterocycles. The fourth-order valence-corrected chi connectivity index (χ4v) is 4.15. The molecule has 0 bridgehead atoms. The number of rotatable bonds is 6. The highest BCUT2D eigenvalue weighted by molar-refractivity contribution is 6.31. The van der Waals surface area contributed by atoms with Crippen molar-refractivity contribution in [3.05, 3.63) is 58.9 Å². The van der Waals surface area contributed by atoms with Crippen LogP contribution >= 0.6 is 11.6 Å². The van der Waals surface area contributed by atoms with Gasteiger partial charge < -0.3 is 14.5 Å². The van der Waals surface area contributed by atoms with E-state index in [1.54, 1.807) is 28.0 Å². The number of hydrogen-bond acceptors (Lipinski definition) is 4. The third-order valence-electron chi connectivity index (χ3n) is 5.72. The zero-order valence-electron chi connectivity index (χ0n) is 17.2. The fourth-order valence-electron chi connectivity index (χ4n) is 3.93. The van der Waals surface area contributed by atoms with Crippen molar-refractivity contribution in [3.63, 3.8) is 0 Å². The standard InChI is InChI=1S/C23H25ClFN3O3/c24-21-14-18(25)4-3-17(21)15-26-10-12-27(13-11-26)23(30)16-31-20-7-5-19(6-8-20)28-9-1-2-22(28)29/h3-8,14H,1-2,9-13,15-16H2. The van der Waals surface area contributed by atoms with Gasteiger partial charge in [0.15, 0.2) is 6.61 Å². The second-order valence-electron chi connectivity index (χ2n) is 7.82. The van der Waals surface area contributed by atoms with Gasteiger partial charge in [-0.25, -0.2) is 4.39 Å². The molecule has 0 atom stereocenters. The van der Waals surface area contributed by atoms with E-state index in [9.17, 15) is 14.0 Å². The molecule has 2 aromatic rings. The first-order valence-electron chi connectivity index (χ1n) is 10.5. The molecule has 2 fully saturated rings. The van der Waals surface area contributed by atoms with Crippen molar-refractivity contribution < 1.29 is 18.7 Å². The molecule has 2 aliphatic rings. The number of nitrogens with zero attached hydrogens (tertiary/aromatic N) is 3. The minimum absolute atomic E-state index is 0.0220. The molecule has 2 aliphatic heterocycles. The topological polar surface area (TPSA) is 53.1 Å². The Morgan fingerprint density at radius 2 is 1.77 bits per heavy atom. The lowest BCUT2D eigenvalue weighted by molar-refractivity contribution is -0.135. The summed E-state index contributed by atoms with van der Waals surface area (Å²) in [5.74, 6) is 0.347. The largest absolute Gasteiger partial charge is 0.484 e. The van der Waals surface area contributed by atoms with E-state index < -0.39 is 0 Å². The van der Waals surface area contributed by atoms with Crippen molar-refractivity contribution in [2.75, 3.05) is 44.2 Å². The molecule has 2 heterocycles. The maximum Gasteiger partial charge on any atom is 0.260 e. The van der Waals surface area contributed by atoms with Crippen molar-refractivity contribution in [3.8, 4) is 5.75 Å². The minimum Gasteiger partial charge on any atom is -0.484 e. The predicted molar refractivity (Wildman–Crippen MR) is 117 cm³/mol. The van der Waals surface area contributed by atoms with Crippen LogP contribution in [0.2, 0.25) is 5.02 Å². The van der Waals surface area contributed by atoms with Crippen LogP contribution in [-0.4, -0.2) is 60.9 Å². The number of anilines is 1. The molecule has 0 aliphatic carbocycles. The van der Waals surface area contributed by atoms with Crippen molar-refractivity contribution >= 4 is 29.1 Å². The first kappa shape index (κ1) is 21.6. The number of amides is 2. The van der Waals surface area contributed by atoms with E-state index in [1.807, 2.05) is 12.1 Å². The summed E-state index contributed by atoms with van der Waals surface area (Å²) < 4.78 is 18.9. The number of halogens is 2.